The molecule has 10 heteroatoms. The van der Waals surface area contributed by atoms with Gasteiger partial charge in [-0.25, -0.2) is 9.78 Å². The SMILES string of the molecule is C=CCOC(C)C(=O)OCC(=O)Nc1ncc(C(F)(F)F)cc1Cl. The molecular weight excluding hydrogens is 353 g/mol. The van der Waals surface area contributed by atoms with Gasteiger partial charge in [0, 0.05) is 6.20 Å². The van der Waals surface area contributed by atoms with Gasteiger partial charge < -0.3 is 14.8 Å². The molecule has 0 saturated heterocycles. The van der Waals surface area contributed by atoms with Gasteiger partial charge in [-0.2, -0.15) is 13.2 Å². The summed E-state index contributed by atoms with van der Waals surface area (Å²) in [7, 11) is 0. The zero-order valence-electron chi connectivity index (χ0n) is 12.5. The van der Waals surface area contributed by atoms with Gasteiger partial charge in [0.2, 0.25) is 0 Å². The Bertz CT molecular complexity index is 623. The van der Waals surface area contributed by atoms with E-state index in [1.165, 1.54) is 13.0 Å². The largest absolute Gasteiger partial charge is 0.454 e. The quantitative estimate of drug-likeness (QED) is 0.593. The second kappa shape index (κ2) is 8.65. The summed E-state index contributed by atoms with van der Waals surface area (Å²) in [5.74, 6) is -1.87. The maximum Gasteiger partial charge on any atom is 0.417 e. The Hall–Kier alpha value is -2.13. The molecule has 1 amide bonds. The van der Waals surface area contributed by atoms with Gasteiger partial charge in [0.15, 0.2) is 18.5 Å². The van der Waals surface area contributed by atoms with E-state index in [1.807, 2.05) is 0 Å². The summed E-state index contributed by atoms with van der Waals surface area (Å²) in [6.45, 7) is 4.31. The number of pyridine rings is 1. The number of carbonyl (C=O) groups is 2. The molecule has 0 saturated carbocycles. The van der Waals surface area contributed by atoms with E-state index in [0.717, 1.165) is 0 Å². The average Bonchev–Trinajstić information content (AvgIpc) is 2.51. The first-order valence-electron chi connectivity index (χ1n) is 6.57. The van der Waals surface area contributed by atoms with E-state index in [0.29, 0.717) is 12.3 Å². The predicted molar refractivity (Wildman–Crippen MR) is 79.4 cm³/mol. The van der Waals surface area contributed by atoms with E-state index in [-0.39, 0.29) is 12.4 Å². The molecule has 24 heavy (non-hydrogen) atoms. The zero-order chi connectivity index (χ0) is 18.3. The maximum absolute atomic E-state index is 12.5. The Labute approximate surface area is 140 Å². The van der Waals surface area contributed by atoms with Gasteiger partial charge in [-0.1, -0.05) is 17.7 Å². The molecule has 0 aliphatic heterocycles. The number of hydrogen-bond acceptors (Lipinski definition) is 5. The van der Waals surface area contributed by atoms with Crippen molar-refractivity contribution in [3.05, 3.63) is 35.5 Å². The molecule has 1 rings (SSSR count). The van der Waals surface area contributed by atoms with Gasteiger partial charge in [0.25, 0.3) is 5.91 Å². The van der Waals surface area contributed by atoms with Crippen LogP contribution in [0.15, 0.2) is 24.9 Å². The molecule has 0 aliphatic rings. The lowest BCUT2D eigenvalue weighted by Crippen LogP contribution is -2.28. The lowest BCUT2D eigenvalue weighted by molar-refractivity contribution is -0.157. The number of hydrogen-bond donors (Lipinski definition) is 1. The van der Waals surface area contributed by atoms with Crippen LogP contribution >= 0.6 is 11.6 Å². The monoisotopic (exact) mass is 366 g/mol. The van der Waals surface area contributed by atoms with Crippen LogP contribution in [-0.4, -0.2) is 36.2 Å². The van der Waals surface area contributed by atoms with Gasteiger partial charge in [-0.05, 0) is 13.0 Å². The van der Waals surface area contributed by atoms with Gasteiger partial charge in [-0.15, -0.1) is 6.58 Å². The van der Waals surface area contributed by atoms with Crippen molar-refractivity contribution in [2.75, 3.05) is 18.5 Å². The normalized spacial score (nSPS) is 12.4. The van der Waals surface area contributed by atoms with Crippen molar-refractivity contribution in [2.24, 2.45) is 0 Å². The van der Waals surface area contributed by atoms with Crippen LogP contribution in [-0.2, 0) is 25.2 Å². The van der Waals surface area contributed by atoms with Crippen molar-refractivity contribution < 1.29 is 32.2 Å². The molecule has 0 bridgehead atoms. The summed E-state index contributed by atoms with van der Waals surface area (Å²) < 4.78 is 47.1. The second-order valence-electron chi connectivity index (χ2n) is 4.47. The number of halogens is 4. The summed E-state index contributed by atoms with van der Waals surface area (Å²) >= 11 is 5.64. The van der Waals surface area contributed by atoms with Crippen molar-refractivity contribution in [2.45, 2.75) is 19.2 Å². The predicted octanol–water partition coefficient (Wildman–Crippen LogP) is 2.83. The number of rotatable bonds is 7. The fourth-order valence-electron chi connectivity index (χ4n) is 1.39. The minimum absolute atomic E-state index is 0.132. The molecule has 6 nitrogen and oxygen atoms in total. The van der Waals surface area contributed by atoms with Crippen molar-refractivity contribution in [3.8, 4) is 0 Å². The molecule has 1 aromatic rings. The number of esters is 1. The van der Waals surface area contributed by atoms with Gasteiger partial charge in [0.1, 0.15) is 0 Å². The van der Waals surface area contributed by atoms with Crippen molar-refractivity contribution in [1.82, 2.24) is 4.98 Å². The third kappa shape index (κ3) is 6.17. The van der Waals surface area contributed by atoms with E-state index >= 15 is 0 Å². The highest BCUT2D eigenvalue weighted by Gasteiger charge is 2.31. The summed E-state index contributed by atoms with van der Waals surface area (Å²) in [6.07, 6.45) is -3.53. The highest BCUT2D eigenvalue weighted by molar-refractivity contribution is 6.33. The number of nitrogens with one attached hydrogen (secondary N) is 1. The number of ether oxygens (including phenoxy) is 2. The molecule has 0 spiro atoms. The highest BCUT2D eigenvalue weighted by atomic mass is 35.5. The standard InChI is InChI=1S/C14H14ClF3N2O4/c1-3-4-23-8(2)13(22)24-7-11(21)20-12-10(15)5-9(6-19-12)14(16,17)18/h3,5-6,8H,1,4,7H2,2H3,(H,19,20,21). The minimum atomic E-state index is -4.60. The Morgan fingerprint density at radius 1 is 1.50 bits per heavy atom. The smallest absolute Gasteiger partial charge is 0.417 e. The van der Waals surface area contributed by atoms with Crippen LogP contribution in [0, 0.1) is 0 Å². The van der Waals surface area contributed by atoms with Crippen LogP contribution in [0.1, 0.15) is 12.5 Å². The number of carbonyl (C=O) groups excluding carboxylic acids is 2. The lowest BCUT2D eigenvalue weighted by Gasteiger charge is -2.12. The number of anilines is 1. The summed E-state index contributed by atoms with van der Waals surface area (Å²) in [5.41, 5.74) is -1.05. The fraction of sp³-hybridized carbons (Fsp3) is 0.357. The van der Waals surface area contributed by atoms with Gasteiger partial charge >= 0.3 is 12.1 Å². The molecule has 0 aromatic carbocycles. The average molecular weight is 367 g/mol. The van der Waals surface area contributed by atoms with Crippen LogP contribution in [0.3, 0.4) is 0 Å². The molecule has 1 atom stereocenters. The van der Waals surface area contributed by atoms with Gasteiger partial charge in [-0.3, -0.25) is 4.79 Å². The van der Waals surface area contributed by atoms with Crippen molar-refractivity contribution in [3.63, 3.8) is 0 Å². The number of alkyl halides is 3. The first-order chi connectivity index (χ1) is 11.1. The minimum Gasteiger partial charge on any atom is -0.454 e. The molecule has 132 valence electrons. The first kappa shape index (κ1) is 19.9. The van der Waals surface area contributed by atoms with E-state index in [1.54, 1.807) is 0 Å². The molecule has 1 aromatic heterocycles. The van der Waals surface area contributed by atoms with Crippen LogP contribution in [0.25, 0.3) is 0 Å². The topological polar surface area (TPSA) is 77.5 Å². The Morgan fingerprint density at radius 3 is 2.71 bits per heavy atom. The Morgan fingerprint density at radius 2 is 2.17 bits per heavy atom. The van der Waals surface area contributed by atoms with Crippen LogP contribution in [0.4, 0.5) is 19.0 Å². The van der Waals surface area contributed by atoms with Crippen LogP contribution < -0.4 is 5.32 Å². The van der Waals surface area contributed by atoms with Crippen LogP contribution in [0.2, 0.25) is 5.02 Å². The van der Waals surface area contributed by atoms with Gasteiger partial charge in [0.05, 0.1) is 17.2 Å². The third-order valence-corrected chi connectivity index (χ3v) is 2.86. The Balaban J connectivity index is 2.56. The van der Waals surface area contributed by atoms with Crippen molar-refractivity contribution in [1.29, 1.82) is 0 Å². The molecule has 0 radical (unpaired) electrons. The van der Waals surface area contributed by atoms with Crippen molar-refractivity contribution >= 4 is 29.3 Å². The summed E-state index contributed by atoms with van der Waals surface area (Å²) in [5, 5.41) is 1.75. The zero-order valence-corrected chi connectivity index (χ0v) is 13.3. The molecule has 1 heterocycles. The van der Waals surface area contributed by atoms with E-state index < -0.39 is 41.3 Å². The number of nitrogens with zero attached hydrogens (tertiary/aromatic N) is 1. The molecule has 1 N–H and O–H groups in total. The van der Waals surface area contributed by atoms with E-state index in [9.17, 15) is 22.8 Å². The molecule has 0 aliphatic carbocycles. The highest BCUT2D eigenvalue weighted by Crippen LogP contribution is 2.32. The second-order valence-corrected chi connectivity index (χ2v) is 4.88. The first-order valence-corrected chi connectivity index (χ1v) is 6.94. The Kier molecular flexibility index (Phi) is 7.18. The molecule has 1 unspecified atom stereocenters. The third-order valence-electron chi connectivity index (χ3n) is 2.57. The summed E-state index contributed by atoms with van der Waals surface area (Å²) in [4.78, 5) is 26.5. The maximum atomic E-state index is 12.5. The fourth-order valence-corrected chi connectivity index (χ4v) is 1.60. The molecule has 0 fully saturated rings. The lowest BCUT2D eigenvalue weighted by atomic mass is 10.3. The summed E-state index contributed by atoms with van der Waals surface area (Å²) in [6, 6.07) is 0.626. The molecular formula is C14H14ClF3N2O4. The van der Waals surface area contributed by atoms with E-state index in [4.69, 9.17) is 21.1 Å². The number of amides is 1. The number of aromatic nitrogens is 1. The van der Waals surface area contributed by atoms with Crippen LogP contribution in [0.5, 0.6) is 0 Å². The van der Waals surface area contributed by atoms with E-state index in [2.05, 4.69) is 16.9 Å².